The molecule has 0 aliphatic heterocycles. The molecule has 2 rings (SSSR count). The van der Waals surface area contributed by atoms with Crippen LogP contribution in [-0.4, -0.2) is 17.2 Å². The molecule has 1 fully saturated rings. The van der Waals surface area contributed by atoms with Crippen LogP contribution < -0.4 is 0 Å². The third kappa shape index (κ3) is 1.81. The molecule has 1 aliphatic carbocycles. The minimum absolute atomic E-state index is 0.382. The highest BCUT2D eigenvalue weighted by molar-refractivity contribution is 7.81. The van der Waals surface area contributed by atoms with Crippen LogP contribution in [0.4, 0.5) is 22.0 Å². The molecule has 1 saturated carbocycles. The molecular formula is C11H7F5OS. The van der Waals surface area contributed by atoms with Gasteiger partial charge in [-0.15, -0.1) is 0 Å². The summed E-state index contributed by atoms with van der Waals surface area (Å²) in [6.07, 6.45) is -5.29. The van der Waals surface area contributed by atoms with Crippen LogP contribution in [-0.2, 0) is 0 Å². The number of ketones is 1. The van der Waals surface area contributed by atoms with Gasteiger partial charge in [-0.05, 0) is 18.6 Å². The van der Waals surface area contributed by atoms with E-state index in [1.165, 1.54) is 0 Å². The Bertz CT molecular complexity index is 513. The Morgan fingerprint density at radius 2 is 1.89 bits per heavy atom. The molecule has 1 aromatic rings. The van der Waals surface area contributed by atoms with E-state index in [-0.39, 0.29) is 0 Å². The third-order valence-electron chi connectivity index (χ3n) is 3.01. The fourth-order valence-corrected chi connectivity index (χ4v) is 2.39. The van der Waals surface area contributed by atoms with E-state index in [4.69, 9.17) is 0 Å². The summed E-state index contributed by atoms with van der Waals surface area (Å²) in [5, 5.41) is -1.19. The second-order valence-electron chi connectivity index (χ2n) is 4.14. The molecule has 7 heteroatoms. The first kappa shape index (κ1) is 13.3. The van der Waals surface area contributed by atoms with Gasteiger partial charge in [-0.25, -0.2) is 8.78 Å². The van der Waals surface area contributed by atoms with E-state index in [2.05, 4.69) is 12.6 Å². The van der Waals surface area contributed by atoms with Gasteiger partial charge in [0.15, 0.2) is 5.78 Å². The molecule has 0 bridgehead atoms. The number of carbonyl (C=O) groups is 1. The molecule has 0 amide bonds. The van der Waals surface area contributed by atoms with Crippen LogP contribution in [0.3, 0.4) is 0 Å². The van der Waals surface area contributed by atoms with Gasteiger partial charge in [0.05, 0.1) is 5.56 Å². The summed E-state index contributed by atoms with van der Waals surface area (Å²) in [4.78, 5) is 11.8. The molecule has 1 aromatic carbocycles. The zero-order valence-corrected chi connectivity index (χ0v) is 9.66. The lowest BCUT2D eigenvalue weighted by Gasteiger charge is -2.19. The van der Waals surface area contributed by atoms with Crippen molar-refractivity contribution in [3.05, 3.63) is 35.4 Å². The van der Waals surface area contributed by atoms with Crippen LogP contribution >= 0.6 is 12.6 Å². The van der Waals surface area contributed by atoms with Gasteiger partial charge in [0.1, 0.15) is 17.0 Å². The van der Waals surface area contributed by atoms with E-state index >= 15 is 0 Å². The second-order valence-corrected chi connectivity index (χ2v) is 4.77. The van der Waals surface area contributed by atoms with Gasteiger partial charge in [-0.3, -0.25) is 4.79 Å². The Balaban J connectivity index is 2.43. The van der Waals surface area contributed by atoms with Crippen molar-refractivity contribution < 1.29 is 26.7 Å². The summed E-state index contributed by atoms with van der Waals surface area (Å²) in [6, 6.07) is 1.85. The van der Waals surface area contributed by atoms with E-state index in [0.29, 0.717) is 6.07 Å². The number of halogens is 5. The van der Waals surface area contributed by atoms with Crippen molar-refractivity contribution in [3.8, 4) is 0 Å². The van der Waals surface area contributed by atoms with E-state index in [9.17, 15) is 26.7 Å². The minimum atomic E-state index is -4.79. The maximum atomic E-state index is 13.3. The van der Waals surface area contributed by atoms with Gasteiger partial charge in [-0.1, -0.05) is 0 Å². The molecule has 98 valence electrons. The van der Waals surface area contributed by atoms with Crippen LogP contribution in [0.5, 0.6) is 0 Å². The predicted octanol–water partition coefficient (Wildman–Crippen LogP) is 3.40. The van der Waals surface area contributed by atoms with E-state index in [1.807, 2.05) is 0 Å². The van der Waals surface area contributed by atoms with Gasteiger partial charge >= 0.3 is 6.18 Å². The van der Waals surface area contributed by atoms with Crippen LogP contribution in [0.2, 0.25) is 0 Å². The normalized spacial score (nSPS) is 27.1. The zero-order valence-electron chi connectivity index (χ0n) is 8.76. The summed E-state index contributed by atoms with van der Waals surface area (Å²) in [6.45, 7) is 0. The molecule has 0 heterocycles. The molecule has 1 aliphatic rings. The molecule has 2 atom stereocenters. The molecule has 1 nitrogen and oxygen atoms in total. The first-order valence-corrected chi connectivity index (χ1v) is 5.46. The molecule has 0 aromatic heterocycles. The molecule has 0 radical (unpaired) electrons. The Morgan fingerprint density at radius 3 is 2.28 bits per heavy atom. The van der Waals surface area contributed by atoms with E-state index in [1.54, 1.807) is 0 Å². The number of alkyl halides is 3. The van der Waals surface area contributed by atoms with Crippen molar-refractivity contribution >= 4 is 18.4 Å². The molecule has 2 unspecified atom stereocenters. The van der Waals surface area contributed by atoms with Gasteiger partial charge in [-0.2, -0.15) is 25.8 Å². The number of Topliss-reactive ketones (excluding diaryl/α,β-unsaturated/α-hetero) is 1. The van der Waals surface area contributed by atoms with Crippen LogP contribution in [0, 0.1) is 17.0 Å². The van der Waals surface area contributed by atoms with E-state index in [0.717, 1.165) is 12.1 Å². The van der Waals surface area contributed by atoms with Crippen molar-refractivity contribution in [2.45, 2.75) is 17.8 Å². The predicted molar refractivity (Wildman–Crippen MR) is 56.6 cm³/mol. The van der Waals surface area contributed by atoms with Crippen molar-refractivity contribution in [3.63, 3.8) is 0 Å². The largest absolute Gasteiger partial charge is 0.402 e. The summed E-state index contributed by atoms with van der Waals surface area (Å²) in [5.41, 5.74) is -3.40. The first-order valence-electron chi connectivity index (χ1n) is 4.95. The average Bonchev–Trinajstić information content (AvgIpc) is 2.90. The minimum Gasteiger partial charge on any atom is -0.293 e. The lowest BCUT2D eigenvalue weighted by atomic mass is 9.93. The van der Waals surface area contributed by atoms with Crippen LogP contribution in [0.25, 0.3) is 0 Å². The average molecular weight is 282 g/mol. The Morgan fingerprint density at radius 1 is 1.33 bits per heavy atom. The standard InChI is InChI=1S/C11H7F5OS/c12-5-1-2-6(7(13)3-5)9(17)10(4-8(10)18)11(14,15)16/h1-3,8,18H,4H2. The maximum absolute atomic E-state index is 13.3. The highest BCUT2D eigenvalue weighted by atomic mass is 32.1. The van der Waals surface area contributed by atoms with Gasteiger partial charge in [0.2, 0.25) is 0 Å². The Hall–Kier alpha value is -1.11. The second kappa shape index (κ2) is 3.94. The topological polar surface area (TPSA) is 17.1 Å². The zero-order chi connectivity index (χ0) is 13.7. The Kier molecular flexibility index (Phi) is 2.92. The summed E-state index contributed by atoms with van der Waals surface area (Å²) >= 11 is 3.66. The molecular weight excluding hydrogens is 275 g/mol. The van der Waals surface area contributed by atoms with Crippen molar-refractivity contribution in [1.82, 2.24) is 0 Å². The van der Waals surface area contributed by atoms with Crippen molar-refractivity contribution in [2.24, 2.45) is 5.41 Å². The summed E-state index contributed by atoms with van der Waals surface area (Å²) < 4.78 is 64.4. The lowest BCUT2D eigenvalue weighted by Crippen LogP contribution is -2.35. The van der Waals surface area contributed by atoms with E-state index < -0.39 is 46.2 Å². The van der Waals surface area contributed by atoms with Crippen molar-refractivity contribution in [1.29, 1.82) is 0 Å². The van der Waals surface area contributed by atoms with Gasteiger partial charge in [0, 0.05) is 11.3 Å². The number of carbonyl (C=O) groups excluding carboxylic acids is 1. The quantitative estimate of drug-likeness (QED) is 0.500. The summed E-state index contributed by atoms with van der Waals surface area (Å²) in [7, 11) is 0. The number of rotatable bonds is 2. The number of hydrogen-bond donors (Lipinski definition) is 1. The van der Waals surface area contributed by atoms with Gasteiger partial charge < -0.3 is 0 Å². The fourth-order valence-electron chi connectivity index (χ4n) is 1.84. The number of benzene rings is 1. The monoisotopic (exact) mass is 282 g/mol. The van der Waals surface area contributed by atoms with Crippen LogP contribution in [0.1, 0.15) is 16.8 Å². The fraction of sp³-hybridized carbons (Fsp3) is 0.364. The lowest BCUT2D eigenvalue weighted by molar-refractivity contribution is -0.170. The highest BCUT2D eigenvalue weighted by Crippen LogP contribution is 2.62. The Labute approximate surface area is 104 Å². The first-order chi connectivity index (χ1) is 8.20. The molecule has 0 N–H and O–H groups in total. The third-order valence-corrected chi connectivity index (χ3v) is 3.63. The molecule has 18 heavy (non-hydrogen) atoms. The molecule has 0 saturated heterocycles. The van der Waals surface area contributed by atoms with Crippen LogP contribution in [0.15, 0.2) is 18.2 Å². The van der Waals surface area contributed by atoms with Crippen molar-refractivity contribution in [2.75, 3.05) is 0 Å². The highest BCUT2D eigenvalue weighted by Gasteiger charge is 2.74. The maximum Gasteiger partial charge on any atom is 0.402 e. The summed E-state index contributed by atoms with van der Waals surface area (Å²) in [5.74, 6) is -3.65. The molecule has 0 spiro atoms. The van der Waals surface area contributed by atoms with Gasteiger partial charge in [0.25, 0.3) is 0 Å². The number of hydrogen-bond acceptors (Lipinski definition) is 2. The smallest absolute Gasteiger partial charge is 0.293 e. The SMILES string of the molecule is O=C(c1ccc(F)cc1F)C1(C(F)(F)F)CC1S. The number of thiol groups is 1.